The van der Waals surface area contributed by atoms with Crippen LogP contribution in [0.2, 0.25) is 10.0 Å². The number of ether oxygens (including phenoxy) is 2. The maximum absolute atomic E-state index is 12.7. The number of rotatable bonds is 5. The van der Waals surface area contributed by atoms with Crippen molar-refractivity contribution in [1.29, 1.82) is 0 Å². The second kappa shape index (κ2) is 9.30. The number of carbonyl (C=O) groups excluding carboxylic acids is 1. The zero-order valence-electron chi connectivity index (χ0n) is 16.8. The van der Waals surface area contributed by atoms with Gasteiger partial charge < -0.3 is 13.9 Å². The molecular formula is C25H16Cl2O5. The van der Waals surface area contributed by atoms with Gasteiger partial charge in [0.25, 0.3) is 0 Å². The van der Waals surface area contributed by atoms with E-state index in [4.69, 9.17) is 37.1 Å². The Hall–Kier alpha value is -3.54. The molecule has 3 aromatic carbocycles. The molecule has 0 fully saturated rings. The van der Waals surface area contributed by atoms with E-state index in [9.17, 15) is 9.59 Å². The number of esters is 1. The van der Waals surface area contributed by atoms with Crippen molar-refractivity contribution in [3.63, 3.8) is 0 Å². The predicted octanol–water partition coefficient (Wildman–Crippen LogP) is 6.82. The lowest BCUT2D eigenvalue weighted by molar-refractivity contribution is -0.128. The molecule has 0 aliphatic rings. The molecule has 0 atom stereocenters. The molecule has 0 saturated heterocycles. The Kier molecular flexibility index (Phi) is 6.30. The number of aryl methyl sites for hydroxylation is 1. The summed E-state index contributed by atoms with van der Waals surface area (Å²) < 4.78 is 16.5. The van der Waals surface area contributed by atoms with Gasteiger partial charge in [0.15, 0.2) is 0 Å². The van der Waals surface area contributed by atoms with E-state index in [-0.39, 0.29) is 22.5 Å². The van der Waals surface area contributed by atoms with E-state index in [1.165, 1.54) is 30.5 Å². The lowest BCUT2D eigenvalue weighted by Crippen LogP contribution is -2.06. The highest BCUT2D eigenvalue weighted by atomic mass is 35.5. The van der Waals surface area contributed by atoms with E-state index in [1.54, 1.807) is 36.4 Å². The van der Waals surface area contributed by atoms with Crippen LogP contribution in [0.1, 0.15) is 11.1 Å². The molecule has 1 aromatic heterocycles. The predicted molar refractivity (Wildman–Crippen MR) is 125 cm³/mol. The fourth-order valence-electron chi connectivity index (χ4n) is 2.89. The van der Waals surface area contributed by atoms with Crippen molar-refractivity contribution < 1.29 is 18.7 Å². The van der Waals surface area contributed by atoms with Gasteiger partial charge in [0.2, 0.25) is 11.2 Å². The minimum absolute atomic E-state index is 0.0654. The van der Waals surface area contributed by atoms with Gasteiger partial charge in [-0.1, -0.05) is 47.0 Å². The zero-order valence-corrected chi connectivity index (χ0v) is 18.3. The topological polar surface area (TPSA) is 65.7 Å². The summed E-state index contributed by atoms with van der Waals surface area (Å²) in [4.78, 5) is 24.9. The highest BCUT2D eigenvalue weighted by Crippen LogP contribution is 2.25. The Bertz CT molecular complexity index is 1390. The summed E-state index contributed by atoms with van der Waals surface area (Å²) in [6.45, 7) is 1.96. The number of carbonyl (C=O) groups is 1. The van der Waals surface area contributed by atoms with Crippen LogP contribution >= 0.6 is 23.2 Å². The van der Waals surface area contributed by atoms with Crippen LogP contribution < -0.4 is 14.9 Å². The fourth-order valence-corrected chi connectivity index (χ4v) is 3.20. The fraction of sp³-hybridized carbons (Fsp3) is 0.0400. The van der Waals surface area contributed by atoms with Crippen LogP contribution in [0.3, 0.4) is 0 Å². The Morgan fingerprint density at radius 2 is 1.69 bits per heavy atom. The Morgan fingerprint density at radius 3 is 2.44 bits per heavy atom. The molecular weight excluding hydrogens is 451 g/mol. The van der Waals surface area contributed by atoms with Crippen LogP contribution in [0.4, 0.5) is 0 Å². The SMILES string of the molecule is Cc1ccc(Oc2coc3cc(OC(=O)/C=C/c4ccc(Cl)c(Cl)c4)ccc3c2=O)cc1. The second-order valence-electron chi connectivity index (χ2n) is 6.93. The van der Waals surface area contributed by atoms with Crippen LogP contribution in [0.25, 0.3) is 17.0 Å². The van der Waals surface area contributed by atoms with E-state index in [2.05, 4.69) is 0 Å². The Labute approximate surface area is 193 Å². The summed E-state index contributed by atoms with van der Waals surface area (Å²) >= 11 is 11.8. The molecule has 0 bridgehead atoms. The molecule has 0 unspecified atom stereocenters. The molecule has 1 heterocycles. The van der Waals surface area contributed by atoms with E-state index in [1.807, 2.05) is 19.1 Å². The molecule has 0 spiro atoms. The van der Waals surface area contributed by atoms with Gasteiger partial charge in [-0.05, 0) is 55.0 Å². The molecule has 0 radical (unpaired) electrons. The van der Waals surface area contributed by atoms with Crippen molar-refractivity contribution in [3.05, 3.63) is 104 Å². The third-order valence-electron chi connectivity index (χ3n) is 4.54. The lowest BCUT2D eigenvalue weighted by Gasteiger charge is -2.07. The summed E-state index contributed by atoms with van der Waals surface area (Å²) in [5.41, 5.74) is 1.72. The minimum atomic E-state index is -0.600. The van der Waals surface area contributed by atoms with Crippen LogP contribution in [-0.2, 0) is 4.79 Å². The van der Waals surface area contributed by atoms with Gasteiger partial charge in [-0.15, -0.1) is 0 Å². The first-order valence-corrected chi connectivity index (χ1v) is 10.3. The molecule has 32 heavy (non-hydrogen) atoms. The first-order chi connectivity index (χ1) is 15.4. The van der Waals surface area contributed by atoms with Crippen LogP contribution in [0, 0.1) is 6.92 Å². The van der Waals surface area contributed by atoms with Gasteiger partial charge in [-0.25, -0.2) is 4.79 Å². The monoisotopic (exact) mass is 466 g/mol. The molecule has 0 aliphatic heterocycles. The lowest BCUT2D eigenvalue weighted by atomic mass is 10.2. The molecule has 4 rings (SSSR count). The highest BCUT2D eigenvalue weighted by Gasteiger charge is 2.11. The van der Waals surface area contributed by atoms with Crippen molar-refractivity contribution in [2.24, 2.45) is 0 Å². The largest absolute Gasteiger partial charge is 0.460 e. The first-order valence-electron chi connectivity index (χ1n) is 9.54. The Balaban J connectivity index is 1.50. The molecule has 0 N–H and O–H groups in total. The zero-order chi connectivity index (χ0) is 22.7. The van der Waals surface area contributed by atoms with Gasteiger partial charge in [0.05, 0.1) is 15.4 Å². The average Bonchev–Trinajstić information content (AvgIpc) is 2.78. The normalized spacial score (nSPS) is 11.1. The maximum Gasteiger partial charge on any atom is 0.336 e. The van der Waals surface area contributed by atoms with Gasteiger partial charge in [0, 0.05) is 12.1 Å². The number of hydrogen-bond acceptors (Lipinski definition) is 5. The van der Waals surface area contributed by atoms with Gasteiger partial charge in [-0.2, -0.15) is 0 Å². The van der Waals surface area contributed by atoms with Crippen LogP contribution in [-0.4, -0.2) is 5.97 Å². The van der Waals surface area contributed by atoms with E-state index in [0.717, 1.165) is 5.56 Å². The summed E-state index contributed by atoms with van der Waals surface area (Å²) in [6, 6.07) is 16.8. The summed E-state index contributed by atoms with van der Waals surface area (Å²) in [5, 5.41) is 1.12. The molecule has 5 nitrogen and oxygen atoms in total. The van der Waals surface area contributed by atoms with Crippen molar-refractivity contribution in [1.82, 2.24) is 0 Å². The van der Waals surface area contributed by atoms with Gasteiger partial charge >= 0.3 is 5.97 Å². The van der Waals surface area contributed by atoms with Gasteiger partial charge in [-0.3, -0.25) is 4.79 Å². The quantitative estimate of drug-likeness (QED) is 0.183. The molecule has 0 saturated carbocycles. The van der Waals surface area contributed by atoms with Crippen molar-refractivity contribution in [3.8, 4) is 17.2 Å². The van der Waals surface area contributed by atoms with Crippen molar-refractivity contribution in [2.45, 2.75) is 6.92 Å². The number of benzene rings is 3. The molecule has 7 heteroatoms. The van der Waals surface area contributed by atoms with E-state index in [0.29, 0.717) is 26.7 Å². The van der Waals surface area contributed by atoms with E-state index < -0.39 is 5.97 Å². The van der Waals surface area contributed by atoms with Gasteiger partial charge in [0.1, 0.15) is 23.3 Å². The van der Waals surface area contributed by atoms with Crippen molar-refractivity contribution in [2.75, 3.05) is 0 Å². The highest BCUT2D eigenvalue weighted by molar-refractivity contribution is 6.42. The third-order valence-corrected chi connectivity index (χ3v) is 5.28. The second-order valence-corrected chi connectivity index (χ2v) is 7.74. The molecule has 4 aromatic rings. The van der Waals surface area contributed by atoms with Crippen molar-refractivity contribution >= 4 is 46.2 Å². The summed E-state index contributed by atoms with van der Waals surface area (Å²) in [6.07, 6.45) is 4.05. The Morgan fingerprint density at radius 1 is 0.938 bits per heavy atom. The molecule has 0 amide bonds. The summed E-state index contributed by atoms with van der Waals surface area (Å²) in [5.74, 6) is 0.228. The number of hydrogen-bond donors (Lipinski definition) is 0. The first kappa shape index (κ1) is 21.7. The number of halogens is 2. The number of fused-ring (bicyclic) bond motifs is 1. The van der Waals surface area contributed by atoms with Crippen LogP contribution in [0.5, 0.6) is 17.2 Å². The van der Waals surface area contributed by atoms with E-state index >= 15 is 0 Å². The molecule has 0 aliphatic carbocycles. The van der Waals surface area contributed by atoms with Crippen LogP contribution in [0.15, 0.2) is 82.2 Å². The minimum Gasteiger partial charge on any atom is -0.460 e. The molecule has 160 valence electrons. The summed E-state index contributed by atoms with van der Waals surface area (Å²) in [7, 11) is 0. The third kappa shape index (κ3) is 5.02. The standard InChI is InChI=1S/C25H16Cl2O5/c1-15-2-6-17(7-3-15)31-23-14-30-22-13-18(8-9-19(22)25(23)29)32-24(28)11-5-16-4-10-20(26)21(27)12-16/h2-14H,1H3/b11-5+. The average molecular weight is 467 g/mol. The maximum atomic E-state index is 12.7. The smallest absolute Gasteiger partial charge is 0.336 e.